The van der Waals surface area contributed by atoms with Crippen LogP contribution in [0.5, 0.6) is 0 Å². The van der Waals surface area contributed by atoms with Gasteiger partial charge in [0.1, 0.15) is 11.3 Å². The van der Waals surface area contributed by atoms with E-state index in [1.165, 1.54) is 0 Å². The number of aliphatic imine (C=N–C) groups is 1. The predicted molar refractivity (Wildman–Crippen MR) is 132 cm³/mol. The van der Waals surface area contributed by atoms with Crippen LogP contribution in [0.4, 0.5) is 0 Å². The lowest BCUT2D eigenvalue weighted by atomic mass is 10.2. The van der Waals surface area contributed by atoms with E-state index >= 15 is 0 Å². The van der Waals surface area contributed by atoms with Crippen molar-refractivity contribution in [3.8, 4) is 0 Å². The number of halogens is 1. The van der Waals surface area contributed by atoms with E-state index in [9.17, 15) is 8.42 Å². The van der Waals surface area contributed by atoms with Crippen molar-refractivity contribution in [2.45, 2.75) is 37.2 Å². The van der Waals surface area contributed by atoms with E-state index in [1.54, 1.807) is 37.4 Å². The molecule has 0 saturated heterocycles. The van der Waals surface area contributed by atoms with Crippen LogP contribution in [-0.2, 0) is 9.84 Å². The Hall–Kier alpha value is -2.07. The Kier molecular flexibility index (Phi) is 8.72. The van der Waals surface area contributed by atoms with Crippen molar-refractivity contribution in [3.63, 3.8) is 0 Å². The fraction of sp³-hybridized carbons (Fsp3) is 0.318. The number of nitrogens with one attached hydrogen (secondary N) is 2. The third-order valence-corrected chi connectivity index (χ3v) is 6.64. The second-order valence-corrected chi connectivity index (χ2v) is 9.00. The molecule has 0 saturated carbocycles. The number of guanidine groups is 1. The first-order valence-corrected chi connectivity index (χ1v) is 11.3. The normalized spacial score (nSPS) is 14.0. The molecule has 0 radical (unpaired) electrons. The number of furan rings is 1. The summed E-state index contributed by atoms with van der Waals surface area (Å²) in [6.45, 7) is 3.93. The van der Waals surface area contributed by atoms with Gasteiger partial charge < -0.3 is 15.1 Å². The van der Waals surface area contributed by atoms with Gasteiger partial charge in [-0.05, 0) is 37.6 Å². The number of hydrogen-bond donors (Lipinski definition) is 2. The monoisotopic (exact) mass is 541 g/mol. The lowest BCUT2D eigenvalue weighted by Gasteiger charge is -2.22. The van der Waals surface area contributed by atoms with Gasteiger partial charge in [0.25, 0.3) is 0 Å². The first-order chi connectivity index (χ1) is 13.9. The van der Waals surface area contributed by atoms with Gasteiger partial charge in [0.2, 0.25) is 0 Å². The summed E-state index contributed by atoms with van der Waals surface area (Å²) in [5.41, 5.74) is 0.833. The minimum atomic E-state index is -3.39. The molecule has 2 aromatic carbocycles. The molecule has 3 rings (SSSR count). The SMILES string of the molecule is CCC(CS(=O)(=O)c1ccccc1)NC(=NC)NC(C)c1cc2ccccc2o1.I. The van der Waals surface area contributed by atoms with Gasteiger partial charge in [-0.3, -0.25) is 4.99 Å². The number of sulfone groups is 1. The van der Waals surface area contributed by atoms with E-state index in [0.717, 1.165) is 16.7 Å². The van der Waals surface area contributed by atoms with Crippen molar-refractivity contribution in [2.75, 3.05) is 12.8 Å². The molecule has 0 bridgehead atoms. The lowest BCUT2D eigenvalue weighted by Crippen LogP contribution is -2.46. The smallest absolute Gasteiger partial charge is 0.191 e. The Labute approximate surface area is 195 Å². The zero-order valence-electron chi connectivity index (χ0n) is 17.3. The van der Waals surface area contributed by atoms with Gasteiger partial charge in [0.15, 0.2) is 15.8 Å². The number of rotatable bonds is 7. The van der Waals surface area contributed by atoms with Crippen molar-refractivity contribution in [1.82, 2.24) is 10.6 Å². The third kappa shape index (κ3) is 5.98. The molecule has 0 aliphatic carbocycles. The molecule has 6 nitrogen and oxygen atoms in total. The van der Waals surface area contributed by atoms with Gasteiger partial charge in [-0.2, -0.15) is 0 Å². The van der Waals surface area contributed by atoms with Crippen LogP contribution in [-0.4, -0.2) is 33.2 Å². The van der Waals surface area contributed by atoms with Crippen LogP contribution in [0, 0.1) is 0 Å². The quantitative estimate of drug-likeness (QED) is 0.261. The molecule has 0 aliphatic heterocycles. The summed E-state index contributed by atoms with van der Waals surface area (Å²) in [4.78, 5) is 4.59. The molecule has 0 aliphatic rings. The highest BCUT2D eigenvalue weighted by atomic mass is 127. The standard InChI is InChI=1S/C22H27N3O3S.HI/c1-4-18(15-29(26,27)19-11-6-5-7-12-19)25-22(23-3)24-16(2)21-14-17-10-8-9-13-20(17)28-21;/h5-14,16,18H,4,15H2,1-3H3,(H2,23,24,25);1H. The van der Waals surface area contributed by atoms with Crippen LogP contribution in [0.15, 0.2) is 75.0 Å². The van der Waals surface area contributed by atoms with Gasteiger partial charge in [-0.1, -0.05) is 43.3 Å². The first-order valence-electron chi connectivity index (χ1n) is 9.69. The molecule has 1 aromatic heterocycles. The summed E-state index contributed by atoms with van der Waals surface area (Å²) in [6, 6.07) is 18.0. The Morgan fingerprint density at radius 2 is 1.73 bits per heavy atom. The van der Waals surface area contributed by atoms with Crippen LogP contribution >= 0.6 is 24.0 Å². The predicted octanol–water partition coefficient (Wildman–Crippen LogP) is 4.53. The second kappa shape index (κ2) is 10.8. The third-order valence-electron chi connectivity index (χ3n) is 4.80. The topological polar surface area (TPSA) is 83.7 Å². The summed E-state index contributed by atoms with van der Waals surface area (Å²) in [6.07, 6.45) is 0.645. The molecule has 3 aromatic rings. The minimum absolute atomic E-state index is 0. The Bertz CT molecular complexity index is 1050. The van der Waals surface area contributed by atoms with Gasteiger partial charge in [-0.15, -0.1) is 24.0 Å². The lowest BCUT2D eigenvalue weighted by molar-refractivity contribution is 0.484. The number of benzene rings is 2. The molecule has 0 amide bonds. The molecular formula is C22H28IN3O3S. The number of nitrogens with zero attached hydrogens (tertiary/aromatic N) is 1. The number of fused-ring (bicyclic) bond motifs is 1. The molecule has 0 fully saturated rings. The molecular weight excluding hydrogens is 513 g/mol. The average Bonchev–Trinajstić information content (AvgIpc) is 3.17. The molecule has 1 heterocycles. The molecule has 2 unspecified atom stereocenters. The van der Waals surface area contributed by atoms with Crippen molar-refractivity contribution in [3.05, 3.63) is 66.4 Å². The van der Waals surface area contributed by atoms with E-state index in [2.05, 4.69) is 15.6 Å². The van der Waals surface area contributed by atoms with Gasteiger partial charge in [-0.25, -0.2) is 8.42 Å². The van der Waals surface area contributed by atoms with Crippen LogP contribution in [0.3, 0.4) is 0 Å². The largest absolute Gasteiger partial charge is 0.459 e. The summed E-state index contributed by atoms with van der Waals surface area (Å²) < 4.78 is 31.3. The van der Waals surface area contributed by atoms with Crippen molar-refractivity contribution in [2.24, 2.45) is 4.99 Å². The van der Waals surface area contributed by atoms with Crippen molar-refractivity contribution < 1.29 is 12.8 Å². The highest BCUT2D eigenvalue weighted by molar-refractivity contribution is 14.0. The fourth-order valence-electron chi connectivity index (χ4n) is 3.11. The number of para-hydroxylation sites is 1. The molecule has 2 N–H and O–H groups in total. The van der Waals surface area contributed by atoms with Crippen molar-refractivity contribution in [1.29, 1.82) is 0 Å². The van der Waals surface area contributed by atoms with E-state index in [0.29, 0.717) is 17.3 Å². The average molecular weight is 541 g/mol. The Morgan fingerprint density at radius 1 is 1.07 bits per heavy atom. The zero-order valence-corrected chi connectivity index (χ0v) is 20.5. The maximum absolute atomic E-state index is 12.7. The van der Waals surface area contributed by atoms with Gasteiger partial charge in [0.05, 0.1) is 16.7 Å². The van der Waals surface area contributed by atoms with Crippen LogP contribution in [0.25, 0.3) is 11.0 Å². The molecule has 2 atom stereocenters. The highest BCUT2D eigenvalue weighted by Gasteiger charge is 2.22. The molecule has 8 heteroatoms. The maximum Gasteiger partial charge on any atom is 0.191 e. The summed E-state index contributed by atoms with van der Waals surface area (Å²) in [5, 5.41) is 7.56. The van der Waals surface area contributed by atoms with Crippen molar-refractivity contribution >= 4 is 50.7 Å². The maximum atomic E-state index is 12.7. The zero-order chi connectivity index (χ0) is 20.9. The summed E-state index contributed by atoms with van der Waals surface area (Å²) in [5.74, 6) is 1.32. The van der Waals surface area contributed by atoms with Crippen LogP contribution in [0.1, 0.15) is 32.1 Å². The van der Waals surface area contributed by atoms with E-state index < -0.39 is 9.84 Å². The fourth-order valence-corrected chi connectivity index (χ4v) is 4.72. The van der Waals surface area contributed by atoms with E-state index in [-0.39, 0.29) is 41.8 Å². The minimum Gasteiger partial charge on any atom is -0.459 e. The van der Waals surface area contributed by atoms with E-state index in [1.807, 2.05) is 44.2 Å². The number of hydrogen-bond acceptors (Lipinski definition) is 4. The van der Waals surface area contributed by atoms with E-state index in [4.69, 9.17) is 4.42 Å². The summed E-state index contributed by atoms with van der Waals surface area (Å²) >= 11 is 0. The van der Waals surface area contributed by atoms with Gasteiger partial charge in [0, 0.05) is 18.5 Å². The highest BCUT2D eigenvalue weighted by Crippen LogP contribution is 2.23. The first kappa shape index (κ1) is 24.2. The Balaban J connectivity index is 0.00000320. The van der Waals surface area contributed by atoms with Crippen LogP contribution in [0.2, 0.25) is 0 Å². The molecule has 162 valence electrons. The van der Waals surface area contributed by atoms with Crippen LogP contribution < -0.4 is 10.6 Å². The second-order valence-electron chi connectivity index (χ2n) is 6.97. The Morgan fingerprint density at radius 3 is 2.37 bits per heavy atom. The molecule has 30 heavy (non-hydrogen) atoms. The summed E-state index contributed by atoms with van der Waals surface area (Å²) in [7, 11) is -1.72. The molecule has 0 spiro atoms. The van der Waals surface area contributed by atoms with Gasteiger partial charge >= 0.3 is 0 Å².